The average molecular weight is 570 g/mol. The molecule has 2 aliphatic rings. The molecule has 1 saturated heterocycles. The SMILES string of the molecule is Cc1cc(COC[C@]23Cc4cnn(-c5ccc(F)cc5)c4C=C2CCN(S(=O)(=O)c2ccc(Cl)nc2)C3)no1. The van der Waals surface area contributed by atoms with Crippen LogP contribution >= 0.6 is 11.6 Å². The van der Waals surface area contributed by atoms with E-state index >= 15 is 0 Å². The molecular formula is C27H25ClFN5O4S. The number of hydrogen-bond acceptors (Lipinski definition) is 7. The minimum absolute atomic E-state index is 0.0918. The molecule has 0 radical (unpaired) electrons. The quantitative estimate of drug-likeness (QED) is 0.300. The van der Waals surface area contributed by atoms with Crippen LogP contribution in [0.2, 0.25) is 5.15 Å². The van der Waals surface area contributed by atoms with Gasteiger partial charge in [0.25, 0.3) is 0 Å². The zero-order chi connectivity index (χ0) is 27.2. The number of sulfonamides is 1. The highest BCUT2D eigenvalue weighted by Crippen LogP contribution is 2.45. The normalized spacial score (nSPS) is 19.4. The van der Waals surface area contributed by atoms with Crippen LogP contribution in [0.5, 0.6) is 0 Å². The Kier molecular flexibility index (Phi) is 6.62. The molecule has 0 N–H and O–H groups in total. The van der Waals surface area contributed by atoms with E-state index in [9.17, 15) is 12.8 Å². The van der Waals surface area contributed by atoms with Crippen LogP contribution in [0.15, 0.2) is 69.8 Å². The van der Waals surface area contributed by atoms with E-state index < -0.39 is 15.4 Å². The van der Waals surface area contributed by atoms with E-state index in [0.717, 1.165) is 22.5 Å². The van der Waals surface area contributed by atoms with Gasteiger partial charge in [-0.25, -0.2) is 22.5 Å². The topological polar surface area (TPSA) is 103 Å². The van der Waals surface area contributed by atoms with Gasteiger partial charge in [0, 0.05) is 30.8 Å². The number of rotatable bonds is 7. The predicted octanol–water partition coefficient (Wildman–Crippen LogP) is 4.59. The maximum Gasteiger partial charge on any atom is 0.244 e. The van der Waals surface area contributed by atoms with Crippen molar-refractivity contribution in [3.63, 3.8) is 0 Å². The van der Waals surface area contributed by atoms with Crippen molar-refractivity contribution in [2.24, 2.45) is 5.41 Å². The van der Waals surface area contributed by atoms with Crippen molar-refractivity contribution in [1.82, 2.24) is 24.2 Å². The fourth-order valence-electron chi connectivity index (χ4n) is 5.32. The second-order valence-corrected chi connectivity index (χ2v) is 12.2. The molecule has 6 rings (SSSR count). The van der Waals surface area contributed by atoms with Gasteiger partial charge in [-0.15, -0.1) is 0 Å². The molecule has 1 aromatic carbocycles. The van der Waals surface area contributed by atoms with E-state index in [0.29, 0.717) is 30.8 Å². The molecule has 1 fully saturated rings. The maximum absolute atomic E-state index is 13.6. The van der Waals surface area contributed by atoms with Crippen molar-refractivity contribution in [2.75, 3.05) is 19.7 Å². The zero-order valence-corrected chi connectivity index (χ0v) is 22.6. The number of piperidine rings is 1. The molecular weight excluding hydrogens is 545 g/mol. The van der Waals surface area contributed by atoms with E-state index in [1.165, 1.54) is 34.8 Å². The first-order chi connectivity index (χ1) is 18.7. The Balaban J connectivity index is 1.34. The summed E-state index contributed by atoms with van der Waals surface area (Å²) in [5, 5.41) is 8.80. The van der Waals surface area contributed by atoms with Crippen molar-refractivity contribution in [1.29, 1.82) is 0 Å². The number of pyridine rings is 1. The third-order valence-electron chi connectivity index (χ3n) is 7.23. The number of aryl methyl sites for hydroxylation is 1. The molecule has 1 atom stereocenters. The van der Waals surface area contributed by atoms with Crippen LogP contribution in [0.25, 0.3) is 11.8 Å². The monoisotopic (exact) mass is 569 g/mol. The van der Waals surface area contributed by atoms with Gasteiger partial charge in [0.1, 0.15) is 27.3 Å². The Labute approximate surface area is 229 Å². The number of halogens is 2. The Morgan fingerprint density at radius 2 is 2.00 bits per heavy atom. The Morgan fingerprint density at radius 1 is 1.18 bits per heavy atom. The molecule has 0 amide bonds. The zero-order valence-electron chi connectivity index (χ0n) is 21.0. The summed E-state index contributed by atoms with van der Waals surface area (Å²) in [6.45, 7) is 2.86. The lowest BCUT2D eigenvalue weighted by atomic mass is 9.69. The molecule has 1 aliphatic carbocycles. The molecule has 1 aliphatic heterocycles. The molecule has 0 bridgehead atoms. The summed E-state index contributed by atoms with van der Waals surface area (Å²) >= 11 is 5.89. The second kappa shape index (κ2) is 9.98. The van der Waals surface area contributed by atoms with Crippen LogP contribution < -0.4 is 0 Å². The first-order valence-corrected chi connectivity index (χ1v) is 14.2. The second-order valence-electron chi connectivity index (χ2n) is 9.90. The van der Waals surface area contributed by atoms with Gasteiger partial charge < -0.3 is 9.26 Å². The number of benzene rings is 1. The molecule has 0 unspecified atom stereocenters. The van der Waals surface area contributed by atoms with Crippen LogP contribution in [0.1, 0.15) is 29.1 Å². The van der Waals surface area contributed by atoms with Crippen LogP contribution in [0.4, 0.5) is 4.39 Å². The summed E-state index contributed by atoms with van der Waals surface area (Å²) in [5.41, 5.74) is 3.73. The standard InChI is InChI=1S/C27H25ClFN5O4S/c1-18-10-22(32-38-18)15-37-17-27-12-19-13-31-34(23-4-2-21(29)3-5-23)25(19)11-20(27)8-9-33(16-27)39(35,36)24-6-7-26(28)30-14-24/h2-7,10-11,13-14H,8-9,12,15-17H2,1H3/t27-/m1/s1. The predicted molar refractivity (Wildman–Crippen MR) is 141 cm³/mol. The Bertz CT molecular complexity index is 1650. The van der Waals surface area contributed by atoms with Gasteiger partial charge in [-0.2, -0.15) is 9.40 Å². The number of ether oxygens (including phenoxy) is 1. The van der Waals surface area contributed by atoms with Crippen molar-refractivity contribution in [3.05, 3.63) is 94.1 Å². The van der Waals surface area contributed by atoms with E-state index in [-0.39, 0.29) is 35.6 Å². The molecule has 0 spiro atoms. The minimum Gasteiger partial charge on any atom is -0.374 e. The third kappa shape index (κ3) is 4.91. The minimum atomic E-state index is -3.81. The van der Waals surface area contributed by atoms with Crippen molar-refractivity contribution >= 4 is 27.7 Å². The Morgan fingerprint density at radius 3 is 2.72 bits per heavy atom. The number of nitrogens with zero attached hydrogens (tertiary/aromatic N) is 5. The van der Waals surface area contributed by atoms with Gasteiger partial charge in [0.05, 0.1) is 30.8 Å². The summed E-state index contributed by atoms with van der Waals surface area (Å²) in [7, 11) is -3.81. The molecule has 4 aromatic rings. The highest BCUT2D eigenvalue weighted by Gasteiger charge is 2.46. The molecule has 39 heavy (non-hydrogen) atoms. The third-order valence-corrected chi connectivity index (χ3v) is 9.28. The highest BCUT2D eigenvalue weighted by atomic mass is 35.5. The summed E-state index contributed by atoms with van der Waals surface area (Å²) in [6, 6.07) is 10.9. The van der Waals surface area contributed by atoms with Crippen molar-refractivity contribution < 1.29 is 22.1 Å². The number of hydrogen-bond donors (Lipinski definition) is 0. The lowest BCUT2D eigenvalue weighted by Gasteiger charge is -2.45. The fraction of sp³-hybridized carbons (Fsp3) is 0.296. The molecule has 202 valence electrons. The van der Waals surface area contributed by atoms with Crippen LogP contribution in [0, 0.1) is 18.2 Å². The number of aromatic nitrogens is 4. The molecule has 9 nitrogen and oxygen atoms in total. The lowest BCUT2D eigenvalue weighted by Crippen LogP contribution is -2.51. The molecule has 3 aromatic heterocycles. The molecule has 4 heterocycles. The van der Waals surface area contributed by atoms with Gasteiger partial charge >= 0.3 is 0 Å². The van der Waals surface area contributed by atoms with Gasteiger partial charge in [-0.1, -0.05) is 22.3 Å². The van der Waals surface area contributed by atoms with Gasteiger partial charge in [0.15, 0.2) is 0 Å². The van der Waals surface area contributed by atoms with E-state index in [1.54, 1.807) is 23.0 Å². The van der Waals surface area contributed by atoms with Crippen LogP contribution in [-0.2, 0) is 27.8 Å². The summed E-state index contributed by atoms with van der Waals surface area (Å²) in [6.07, 6.45) is 6.18. The summed E-state index contributed by atoms with van der Waals surface area (Å²) < 4.78 is 55.3. The first kappa shape index (κ1) is 25.9. The van der Waals surface area contributed by atoms with E-state index in [1.807, 2.05) is 13.0 Å². The van der Waals surface area contributed by atoms with Gasteiger partial charge in [0.2, 0.25) is 10.0 Å². The first-order valence-electron chi connectivity index (χ1n) is 12.4. The van der Waals surface area contributed by atoms with E-state index in [4.69, 9.17) is 20.9 Å². The lowest BCUT2D eigenvalue weighted by molar-refractivity contribution is 0.0294. The van der Waals surface area contributed by atoms with Crippen LogP contribution in [-0.4, -0.2) is 52.3 Å². The average Bonchev–Trinajstić information content (AvgIpc) is 3.53. The Hall–Kier alpha value is -3.38. The smallest absolute Gasteiger partial charge is 0.244 e. The largest absolute Gasteiger partial charge is 0.374 e. The van der Waals surface area contributed by atoms with Gasteiger partial charge in [-0.3, -0.25) is 0 Å². The van der Waals surface area contributed by atoms with Gasteiger partial charge in [-0.05, 0) is 67.8 Å². The van der Waals surface area contributed by atoms with Crippen LogP contribution in [0.3, 0.4) is 0 Å². The van der Waals surface area contributed by atoms with Crippen molar-refractivity contribution in [3.8, 4) is 5.69 Å². The van der Waals surface area contributed by atoms with E-state index in [2.05, 4.69) is 21.3 Å². The fourth-order valence-corrected chi connectivity index (χ4v) is 6.90. The highest BCUT2D eigenvalue weighted by molar-refractivity contribution is 7.89. The summed E-state index contributed by atoms with van der Waals surface area (Å²) in [5.74, 6) is 0.371. The molecule has 0 saturated carbocycles. The maximum atomic E-state index is 13.6. The van der Waals surface area contributed by atoms with Crippen molar-refractivity contribution in [2.45, 2.75) is 31.3 Å². The molecule has 12 heteroatoms. The number of fused-ring (bicyclic) bond motifs is 2. The summed E-state index contributed by atoms with van der Waals surface area (Å²) in [4.78, 5) is 4.06.